The van der Waals surface area contributed by atoms with Crippen LogP contribution in [0, 0.1) is 0 Å². The molecule has 3 N–H and O–H groups in total. The molecule has 138 valence electrons. The van der Waals surface area contributed by atoms with Crippen LogP contribution in [0.3, 0.4) is 0 Å². The molecule has 27 heavy (non-hydrogen) atoms. The van der Waals surface area contributed by atoms with E-state index < -0.39 is 0 Å². The Bertz CT molecular complexity index is 1070. The van der Waals surface area contributed by atoms with Crippen LogP contribution < -0.4 is 10.5 Å². The third kappa shape index (κ3) is 2.38. The topological polar surface area (TPSA) is 77.3 Å². The zero-order chi connectivity index (χ0) is 18.8. The van der Waals surface area contributed by atoms with E-state index in [1.165, 1.54) is 0 Å². The Morgan fingerprint density at radius 3 is 2.85 bits per heavy atom. The lowest BCUT2D eigenvalue weighted by atomic mass is 9.71. The van der Waals surface area contributed by atoms with Gasteiger partial charge in [-0.15, -0.1) is 0 Å². The van der Waals surface area contributed by atoms with Crippen molar-refractivity contribution in [3.8, 4) is 5.75 Å². The second-order valence-corrected chi connectivity index (χ2v) is 7.94. The number of nitrogens with one attached hydrogen (secondary N) is 1. The second-order valence-electron chi connectivity index (χ2n) is 7.94. The highest BCUT2D eigenvalue weighted by atomic mass is 16.5. The van der Waals surface area contributed by atoms with Gasteiger partial charge >= 0.3 is 0 Å². The van der Waals surface area contributed by atoms with E-state index in [2.05, 4.69) is 18.8 Å². The molecule has 1 saturated heterocycles. The fourth-order valence-corrected chi connectivity index (χ4v) is 4.30. The van der Waals surface area contributed by atoms with E-state index in [9.17, 15) is 4.79 Å². The number of hydrogen-bond acceptors (Lipinski definition) is 4. The monoisotopic (exact) mass is 362 g/mol. The van der Waals surface area contributed by atoms with Gasteiger partial charge in [0.1, 0.15) is 11.9 Å². The van der Waals surface area contributed by atoms with E-state index in [0.29, 0.717) is 12.3 Å². The minimum absolute atomic E-state index is 0.0473. The summed E-state index contributed by atoms with van der Waals surface area (Å²) >= 11 is 0. The molecule has 2 aromatic carbocycles. The Morgan fingerprint density at radius 2 is 2.07 bits per heavy atom. The highest BCUT2D eigenvalue weighted by Crippen LogP contribution is 2.44. The number of ether oxygens (including phenoxy) is 2. The van der Waals surface area contributed by atoms with E-state index in [4.69, 9.17) is 15.2 Å². The second kappa shape index (κ2) is 5.60. The predicted octanol–water partition coefficient (Wildman–Crippen LogP) is 3.79. The molecule has 1 aliphatic heterocycles. The van der Waals surface area contributed by atoms with Gasteiger partial charge in [0.15, 0.2) is 5.78 Å². The van der Waals surface area contributed by atoms with Crippen molar-refractivity contribution in [1.29, 1.82) is 0 Å². The van der Waals surface area contributed by atoms with Gasteiger partial charge in [-0.25, -0.2) is 0 Å². The number of anilines is 1. The van der Waals surface area contributed by atoms with Crippen LogP contribution in [-0.2, 0) is 10.2 Å². The van der Waals surface area contributed by atoms with E-state index in [1.54, 1.807) is 0 Å². The Labute approximate surface area is 157 Å². The number of H-pyrrole nitrogens is 1. The lowest BCUT2D eigenvalue weighted by molar-refractivity contribution is 0.103. The van der Waals surface area contributed by atoms with Crippen LogP contribution in [-0.4, -0.2) is 30.1 Å². The Kier molecular flexibility index (Phi) is 3.40. The molecule has 1 unspecified atom stereocenters. The fraction of sp³-hybridized carbons (Fsp3) is 0.318. The van der Waals surface area contributed by atoms with Crippen molar-refractivity contribution in [2.45, 2.75) is 31.8 Å². The summed E-state index contributed by atoms with van der Waals surface area (Å²) < 4.78 is 11.5. The highest BCUT2D eigenvalue weighted by Gasteiger charge is 2.40. The average molecular weight is 362 g/mol. The minimum Gasteiger partial charge on any atom is -0.488 e. The Hall–Kier alpha value is -2.79. The number of carbonyl (C=O) groups is 1. The van der Waals surface area contributed by atoms with Gasteiger partial charge in [-0.2, -0.15) is 0 Å². The summed E-state index contributed by atoms with van der Waals surface area (Å²) in [5, 5.41) is 0.923. The van der Waals surface area contributed by atoms with Crippen molar-refractivity contribution in [3.05, 3.63) is 58.8 Å². The van der Waals surface area contributed by atoms with Crippen LogP contribution in [0.5, 0.6) is 5.75 Å². The van der Waals surface area contributed by atoms with Crippen LogP contribution in [0.25, 0.3) is 10.9 Å². The van der Waals surface area contributed by atoms with Gasteiger partial charge in [0, 0.05) is 39.7 Å². The molecule has 1 fully saturated rings. The summed E-state index contributed by atoms with van der Waals surface area (Å²) in [5.74, 6) is 0.833. The lowest BCUT2D eigenvalue weighted by Crippen LogP contribution is -2.30. The zero-order valence-corrected chi connectivity index (χ0v) is 15.5. The summed E-state index contributed by atoms with van der Waals surface area (Å²) in [4.78, 5) is 16.7. The smallest absolute Gasteiger partial charge is 0.195 e. The molecule has 1 aromatic heterocycles. The maximum absolute atomic E-state index is 13.3. The summed E-state index contributed by atoms with van der Waals surface area (Å²) in [5.41, 5.74) is 10.6. The van der Waals surface area contributed by atoms with Gasteiger partial charge in [0.2, 0.25) is 0 Å². The first-order valence-electron chi connectivity index (χ1n) is 9.30. The standard InChI is InChI=1S/C22H22N2O3/c1-22(2)17-10-13(27-14-7-8-26-11-14)4-6-15(17)20(25)19-16-5-3-12(23)9-18(16)24-21(19)22/h3-6,9-10,14,24H,7-8,11,23H2,1-2H3. The molecule has 0 spiro atoms. The number of hydrogen-bond donors (Lipinski definition) is 2. The quantitative estimate of drug-likeness (QED) is 0.680. The third-order valence-corrected chi connectivity index (χ3v) is 5.77. The number of carbonyl (C=O) groups excluding carboxylic acids is 1. The fourth-order valence-electron chi connectivity index (χ4n) is 4.30. The van der Waals surface area contributed by atoms with Crippen molar-refractivity contribution in [1.82, 2.24) is 4.98 Å². The molecule has 0 radical (unpaired) electrons. The lowest BCUT2D eigenvalue weighted by Gasteiger charge is -2.32. The predicted molar refractivity (Wildman–Crippen MR) is 105 cm³/mol. The van der Waals surface area contributed by atoms with Crippen molar-refractivity contribution in [2.24, 2.45) is 0 Å². The number of aromatic amines is 1. The van der Waals surface area contributed by atoms with Gasteiger partial charge in [-0.05, 0) is 35.9 Å². The molecule has 2 heterocycles. The third-order valence-electron chi connectivity index (χ3n) is 5.77. The first-order chi connectivity index (χ1) is 12.9. The van der Waals surface area contributed by atoms with E-state index in [0.717, 1.165) is 52.1 Å². The summed E-state index contributed by atoms with van der Waals surface area (Å²) in [7, 11) is 0. The molecule has 5 rings (SSSR count). The van der Waals surface area contributed by atoms with Gasteiger partial charge in [0.05, 0.1) is 18.8 Å². The maximum Gasteiger partial charge on any atom is 0.195 e. The van der Waals surface area contributed by atoms with Crippen molar-refractivity contribution in [3.63, 3.8) is 0 Å². The first kappa shape index (κ1) is 16.4. The number of benzene rings is 2. The molecule has 5 heteroatoms. The zero-order valence-electron chi connectivity index (χ0n) is 15.5. The van der Waals surface area contributed by atoms with Crippen LogP contribution in [0.4, 0.5) is 5.69 Å². The number of ketones is 1. The minimum atomic E-state index is -0.349. The highest BCUT2D eigenvalue weighted by molar-refractivity contribution is 6.20. The van der Waals surface area contributed by atoms with Crippen molar-refractivity contribution < 1.29 is 14.3 Å². The number of fused-ring (bicyclic) bond motifs is 4. The summed E-state index contributed by atoms with van der Waals surface area (Å²) in [6.45, 7) is 5.63. The Balaban J connectivity index is 1.65. The van der Waals surface area contributed by atoms with Crippen molar-refractivity contribution in [2.75, 3.05) is 18.9 Å². The number of rotatable bonds is 2. The molecule has 0 bridgehead atoms. The molecular weight excluding hydrogens is 340 g/mol. The molecule has 1 aliphatic carbocycles. The maximum atomic E-state index is 13.3. The van der Waals surface area contributed by atoms with Gasteiger partial charge in [0.25, 0.3) is 0 Å². The van der Waals surface area contributed by atoms with Crippen LogP contribution >= 0.6 is 0 Å². The van der Waals surface area contributed by atoms with Crippen LogP contribution in [0.15, 0.2) is 36.4 Å². The molecule has 3 aromatic rings. The number of nitrogens with two attached hydrogens (primary N) is 1. The molecule has 5 nitrogen and oxygen atoms in total. The summed E-state index contributed by atoms with van der Waals surface area (Å²) in [6, 6.07) is 11.4. The number of nitrogen functional groups attached to an aromatic ring is 1. The van der Waals surface area contributed by atoms with E-state index >= 15 is 0 Å². The summed E-state index contributed by atoms with van der Waals surface area (Å²) in [6.07, 6.45) is 0.976. The van der Waals surface area contributed by atoms with E-state index in [-0.39, 0.29) is 17.3 Å². The molecular formula is C22H22N2O3. The Morgan fingerprint density at radius 1 is 1.22 bits per heavy atom. The van der Waals surface area contributed by atoms with Crippen molar-refractivity contribution >= 4 is 22.4 Å². The van der Waals surface area contributed by atoms with Crippen LogP contribution in [0.2, 0.25) is 0 Å². The van der Waals surface area contributed by atoms with Gasteiger partial charge < -0.3 is 20.2 Å². The molecule has 1 atom stereocenters. The largest absolute Gasteiger partial charge is 0.488 e. The normalized spacial score (nSPS) is 20.5. The average Bonchev–Trinajstić information content (AvgIpc) is 3.27. The first-order valence-corrected chi connectivity index (χ1v) is 9.30. The molecule has 0 amide bonds. The van der Waals surface area contributed by atoms with Gasteiger partial charge in [-0.3, -0.25) is 4.79 Å². The SMILES string of the molecule is CC1(C)c2cc(OC3CCOC3)ccc2C(=O)c2c1[nH]c1cc(N)ccc21. The van der Waals surface area contributed by atoms with Gasteiger partial charge in [-0.1, -0.05) is 19.9 Å². The molecule has 2 aliphatic rings. The van der Waals surface area contributed by atoms with E-state index in [1.807, 2.05) is 36.4 Å². The number of aromatic nitrogens is 1. The molecule has 0 saturated carbocycles. The van der Waals surface area contributed by atoms with Crippen LogP contribution in [0.1, 0.15) is 47.4 Å².